The molecule has 0 radical (unpaired) electrons. The first-order chi connectivity index (χ1) is 15.4. The van der Waals surface area contributed by atoms with Crippen molar-refractivity contribution in [3.05, 3.63) is 91.8 Å². The van der Waals surface area contributed by atoms with Crippen LogP contribution in [0.15, 0.2) is 63.9 Å². The van der Waals surface area contributed by atoms with E-state index < -0.39 is 0 Å². The molecule has 0 saturated heterocycles. The molecule has 32 heavy (non-hydrogen) atoms. The van der Waals surface area contributed by atoms with Crippen molar-refractivity contribution in [3.8, 4) is 5.69 Å². The number of amides is 1. The van der Waals surface area contributed by atoms with E-state index in [0.717, 1.165) is 38.0 Å². The van der Waals surface area contributed by atoms with Gasteiger partial charge >= 0.3 is 0 Å². The summed E-state index contributed by atoms with van der Waals surface area (Å²) < 4.78 is 4.46. The van der Waals surface area contributed by atoms with E-state index >= 15 is 0 Å². The molecule has 0 fully saturated rings. The standard InChI is InChI=1S/C25H25BrN4O2/c1-16-21(13-14-22(31)27-15-18-9-11-19(26)12-10-18)25(32)29(3)24-23(16)17(2)28-30(24)20-7-5-4-6-8-20/h4-12H,13-15H2,1-3H3,(H,27,31). The lowest BCUT2D eigenvalue weighted by Gasteiger charge is -2.13. The van der Waals surface area contributed by atoms with Gasteiger partial charge in [-0.25, -0.2) is 4.68 Å². The topological polar surface area (TPSA) is 68.9 Å². The molecule has 6 nitrogen and oxygen atoms in total. The van der Waals surface area contributed by atoms with Gasteiger partial charge in [-0.3, -0.25) is 14.2 Å². The number of carbonyl (C=O) groups excluding carboxylic acids is 1. The number of fused-ring (bicyclic) bond motifs is 1. The molecule has 0 aliphatic rings. The Morgan fingerprint density at radius 1 is 1.06 bits per heavy atom. The summed E-state index contributed by atoms with van der Waals surface area (Å²) in [7, 11) is 1.77. The molecular weight excluding hydrogens is 468 g/mol. The maximum absolute atomic E-state index is 13.2. The minimum atomic E-state index is -0.0900. The van der Waals surface area contributed by atoms with Crippen LogP contribution in [0.4, 0.5) is 0 Å². The fraction of sp³-hybridized carbons (Fsp3) is 0.240. The fourth-order valence-electron chi connectivity index (χ4n) is 4.05. The Morgan fingerprint density at radius 3 is 2.44 bits per heavy atom. The van der Waals surface area contributed by atoms with Crippen molar-refractivity contribution in [2.75, 3.05) is 0 Å². The van der Waals surface area contributed by atoms with Gasteiger partial charge in [0.15, 0.2) is 0 Å². The average Bonchev–Trinajstić information content (AvgIpc) is 3.15. The van der Waals surface area contributed by atoms with Crippen LogP contribution in [0.2, 0.25) is 0 Å². The molecule has 0 aliphatic carbocycles. The van der Waals surface area contributed by atoms with Crippen LogP contribution in [0.5, 0.6) is 0 Å². The first-order valence-electron chi connectivity index (χ1n) is 10.5. The van der Waals surface area contributed by atoms with Crippen LogP contribution in [-0.4, -0.2) is 20.3 Å². The van der Waals surface area contributed by atoms with E-state index in [4.69, 9.17) is 5.10 Å². The number of benzene rings is 2. The number of hydrogen-bond acceptors (Lipinski definition) is 3. The van der Waals surface area contributed by atoms with Crippen molar-refractivity contribution >= 4 is 32.9 Å². The third kappa shape index (κ3) is 4.25. The lowest BCUT2D eigenvalue weighted by atomic mass is 10.0. The summed E-state index contributed by atoms with van der Waals surface area (Å²) in [4.78, 5) is 25.6. The molecular formula is C25H25BrN4O2. The second-order valence-electron chi connectivity index (χ2n) is 7.90. The van der Waals surface area contributed by atoms with E-state index in [1.165, 1.54) is 0 Å². The molecule has 0 unspecified atom stereocenters. The highest BCUT2D eigenvalue weighted by atomic mass is 79.9. The van der Waals surface area contributed by atoms with Crippen molar-refractivity contribution in [2.45, 2.75) is 33.2 Å². The zero-order valence-electron chi connectivity index (χ0n) is 18.4. The van der Waals surface area contributed by atoms with Gasteiger partial charge in [-0.05, 0) is 55.7 Å². The first-order valence-corrected chi connectivity index (χ1v) is 11.3. The van der Waals surface area contributed by atoms with E-state index in [1.54, 1.807) is 11.6 Å². The third-order valence-corrected chi connectivity index (χ3v) is 6.28. The van der Waals surface area contributed by atoms with E-state index in [9.17, 15) is 9.59 Å². The van der Waals surface area contributed by atoms with Gasteiger partial charge in [0.25, 0.3) is 5.56 Å². The summed E-state index contributed by atoms with van der Waals surface area (Å²) in [6.07, 6.45) is 0.639. The van der Waals surface area contributed by atoms with Crippen LogP contribution in [-0.2, 0) is 24.8 Å². The Labute approximate surface area is 195 Å². The first kappa shape index (κ1) is 22.0. The van der Waals surface area contributed by atoms with Gasteiger partial charge < -0.3 is 5.32 Å². The summed E-state index contributed by atoms with van der Waals surface area (Å²) in [5.41, 5.74) is 5.02. The summed E-state index contributed by atoms with van der Waals surface area (Å²) in [6, 6.07) is 17.6. The predicted octanol–water partition coefficient (Wildman–Crippen LogP) is 4.35. The molecule has 1 amide bonds. The number of nitrogens with zero attached hydrogens (tertiary/aromatic N) is 3. The normalized spacial score (nSPS) is 11.1. The zero-order chi connectivity index (χ0) is 22.8. The molecule has 1 N–H and O–H groups in total. The van der Waals surface area contributed by atoms with Crippen molar-refractivity contribution in [1.82, 2.24) is 19.7 Å². The van der Waals surface area contributed by atoms with E-state index in [1.807, 2.05) is 73.1 Å². The second kappa shape index (κ2) is 9.12. The highest BCUT2D eigenvalue weighted by molar-refractivity contribution is 9.10. The molecule has 2 aromatic carbocycles. The molecule has 2 aromatic heterocycles. The number of aryl methyl sites for hydroxylation is 3. The molecule has 4 aromatic rings. The number of rotatable bonds is 6. The van der Waals surface area contributed by atoms with Crippen LogP contribution in [0, 0.1) is 13.8 Å². The highest BCUT2D eigenvalue weighted by Gasteiger charge is 2.20. The summed E-state index contributed by atoms with van der Waals surface area (Å²) in [5.74, 6) is -0.0776. The van der Waals surface area contributed by atoms with E-state index in [0.29, 0.717) is 18.5 Å². The van der Waals surface area contributed by atoms with Gasteiger partial charge in [-0.1, -0.05) is 46.3 Å². The number of aromatic nitrogens is 3. The maximum atomic E-state index is 13.2. The number of para-hydroxylation sites is 1. The van der Waals surface area contributed by atoms with Crippen LogP contribution < -0.4 is 10.9 Å². The van der Waals surface area contributed by atoms with Crippen LogP contribution in [0.1, 0.15) is 28.8 Å². The number of carbonyl (C=O) groups is 1. The number of nitrogens with one attached hydrogen (secondary N) is 1. The van der Waals surface area contributed by atoms with Crippen molar-refractivity contribution in [2.24, 2.45) is 7.05 Å². The third-order valence-electron chi connectivity index (χ3n) is 5.75. The van der Waals surface area contributed by atoms with Crippen molar-refractivity contribution < 1.29 is 4.79 Å². The Hall–Kier alpha value is -3.19. The lowest BCUT2D eigenvalue weighted by molar-refractivity contribution is -0.121. The quantitative estimate of drug-likeness (QED) is 0.434. The molecule has 4 rings (SSSR count). The Kier molecular flexibility index (Phi) is 6.28. The molecule has 7 heteroatoms. The van der Waals surface area contributed by atoms with Crippen LogP contribution >= 0.6 is 15.9 Å². The maximum Gasteiger partial charge on any atom is 0.255 e. The van der Waals surface area contributed by atoms with Gasteiger partial charge in [0.05, 0.1) is 11.4 Å². The average molecular weight is 493 g/mol. The molecule has 2 heterocycles. The molecule has 0 saturated carbocycles. The Balaban J connectivity index is 1.58. The van der Waals surface area contributed by atoms with E-state index in [2.05, 4.69) is 21.2 Å². The van der Waals surface area contributed by atoms with E-state index in [-0.39, 0.29) is 17.9 Å². The van der Waals surface area contributed by atoms with Gasteiger partial charge in [-0.2, -0.15) is 5.10 Å². The van der Waals surface area contributed by atoms with Gasteiger partial charge in [0.2, 0.25) is 5.91 Å². The largest absolute Gasteiger partial charge is 0.352 e. The van der Waals surface area contributed by atoms with Crippen molar-refractivity contribution in [3.63, 3.8) is 0 Å². The van der Waals surface area contributed by atoms with Gasteiger partial charge in [0.1, 0.15) is 5.65 Å². The molecule has 0 atom stereocenters. The summed E-state index contributed by atoms with van der Waals surface area (Å²) >= 11 is 3.41. The summed E-state index contributed by atoms with van der Waals surface area (Å²) in [5, 5.41) is 8.60. The number of pyridine rings is 1. The highest BCUT2D eigenvalue weighted by Crippen LogP contribution is 2.25. The summed E-state index contributed by atoms with van der Waals surface area (Å²) in [6.45, 7) is 4.36. The number of hydrogen-bond donors (Lipinski definition) is 1. The monoisotopic (exact) mass is 492 g/mol. The van der Waals surface area contributed by atoms with Gasteiger partial charge in [-0.15, -0.1) is 0 Å². The molecule has 0 spiro atoms. The number of halogens is 1. The Bertz CT molecular complexity index is 1340. The zero-order valence-corrected chi connectivity index (χ0v) is 19.9. The van der Waals surface area contributed by atoms with Crippen molar-refractivity contribution in [1.29, 1.82) is 0 Å². The second-order valence-corrected chi connectivity index (χ2v) is 8.82. The molecule has 164 valence electrons. The van der Waals surface area contributed by atoms with Gasteiger partial charge in [0, 0.05) is 35.4 Å². The lowest BCUT2D eigenvalue weighted by Crippen LogP contribution is -2.27. The fourth-order valence-corrected chi connectivity index (χ4v) is 4.31. The minimum Gasteiger partial charge on any atom is -0.352 e. The Morgan fingerprint density at radius 2 is 1.75 bits per heavy atom. The smallest absolute Gasteiger partial charge is 0.255 e. The molecule has 0 bridgehead atoms. The van der Waals surface area contributed by atoms with Crippen LogP contribution in [0.3, 0.4) is 0 Å². The SMILES string of the molecule is Cc1nn(-c2ccccc2)c2c1c(C)c(CCC(=O)NCc1ccc(Br)cc1)c(=O)n2C. The predicted molar refractivity (Wildman–Crippen MR) is 130 cm³/mol. The van der Waals surface area contributed by atoms with Crippen LogP contribution in [0.25, 0.3) is 16.7 Å². The molecule has 0 aliphatic heterocycles. The minimum absolute atomic E-state index is 0.0776.